The number of carbonyl (C=O) groups is 2. The molecule has 0 bridgehead atoms. The minimum Gasteiger partial charge on any atom is -0.489 e. The van der Waals surface area contributed by atoms with E-state index in [9.17, 15) is 14.7 Å². The maximum absolute atomic E-state index is 13.5. The predicted octanol–water partition coefficient (Wildman–Crippen LogP) is 4.61. The Morgan fingerprint density at radius 1 is 1.12 bits per heavy atom. The van der Waals surface area contributed by atoms with Gasteiger partial charge in [0.25, 0.3) is 0 Å². The molecule has 32 heavy (non-hydrogen) atoms. The molecule has 0 spiro atoms. The largest absolute Gasteiger partial charge is 0.489 e. The SMILES string of the molecule is CC(C)C[C@H](N[C@H]1COc2ccccc2N(Cc2ccc(C(C)C)cc2)C1=O)C(=O)O.Cl. The molecular weight excluding hydrogens is 428 g/mol. The Kier molecular flexibility index (Phi) is 9.10. The standard InChI is InChI=1S/C25H32N2O4.ClH/c1-16(2)13-20(25(29)30)26-21-15-31-23-8-6-5-7-22(23)27(24(21)28)14-18-9-11-19(12-10-18)17(3)4;/h5-12,16-17,20-21,26H,13-15H2,1-4H3,(H,29,30);1H/t20-,21-;/m0./s1. The predicted molar refractivity (Wildman–Crippen MR) is 129 cm³/mol. The fraction of sp³-hybridized carbons (Fsp3) is 0.440. The van der Waals surface area contributed by atoms with Crippen molar-refractivity contribution in [3.8, 4) is 5.75 Å². The minimum atomic E-state index is -0.959. The van der Waals surface area contributed by atoms with Gasteiger partial charge in [-0.05, 0) is 41.5 Å². The summed E-state index contributed by atoms with van der Waals surface area (Å²) < 4.78 is 5.92. The molecule has 2 aromatic carbocycles. The lowest BCUT2D eigenvalue weighted by atomic mass is 10.0. The summed E-state index contributed by atoms with van der Waals surface area (Å²) in [6.45, 7) is 8.69. The average molecular weight is 461 g/mol. The van der Waals surface area contributed by atoms with Crippen LogP contribution < -0.4 is 15.0 Å². The first-order chi connectivity index (χ1) is 14.8. The van der Waals surface area contributed by atoms with Gasteiger partial charge in [0.15, 0.2) is 0 Å². The monoisotopic (exact) mass is 460 g/mol. The van der Waals surface area contributed by atoms with E-state index in [1.54, 1.807) is 4.90 Å². The number of carboxylic acids is 1. The number of carbonyl (C=O) groups excluding carboxylic acids is 1. The lowest BCUT2D eigenvalue weighted by Gasteiger charge is -2.27. The van der Waals surface area contributed by atoms with Crippen LogP contribution in [-0.2, 0) is 16.1 Å². The number of ether oxygens (including phenoxy) is 1. The Bertz CT molecular complexity index is 914. The molecular formula is C25H33ClN2O4. The highest BCUT2D eigenvalue weighted by molar-refractivity contribution is 5.99. The maximum Gasteiger partial charge on any atom is 0.320 e. The van der Waals surface area contributed by atoms with E-state index < -0.39 is 18.1 Å². The summed E-state index contributed by atoms with van der Waals surface area (Å²) >= 11 is 0. The number of hydrogen-bond acceptors (Lipinski definition) is 4. The van der Waals surface area contributed by atoms with Gasteiger partial charge in [0.1, 0.15) is 24.4 Å². The van der Waals surface area contributed by atoms with Crippen LogP contribution in [0.25, 0.3) is 0 Å². The molecule has 0 radical (unpaired) electrons. The fourth-order valence-corrected chi connectivity index (χ4v) is 3.78. The number of nitrogens with zero attached hydrogens (tertiary/aromatic N) is 1. The highest BCUT2D eigenvalue weighted by atomic mass is 35.5. The van der Waals surface area contributed by atoms with E-state index in [0.29, 0.717) is 30.3 Å². The van der Waals surface area contributed by atoms with Crippen LogP contribution in [0.15, 0.2) is 48.5 Å². The lowest BCUT2D eigenvalue weighted by Crippen LogP contribution is -2.54. The molecule has 1 amide bonds. The summed E-state index contributed by atoms with van der Waals surface area (Å²) in [5.41, 5.74) is 2.94. The van der Waals surface area contributed by atoms with Gasteiger partial charge in [-0.25, -0.2) is 0 Å². The van der Waals surface area contributed by atoms with Crippen LogP contribution in [0.1, 0.15) is 51.2 Å². The molecule has 1 heterocycles. The van der Waals surface area contributed by atoms with Gasteiger partial charge in [-0.15, -0.1) is 12.4 Å². The summed E-state index contributed by atoms with van der Waals surface area (Å²) in [6.07, 6.45) is 0.433. The molecule has 2 aromatic rings. The van der Waals surface area contributed by atoms with Crippen molar-refractivity contribution in [2.75, 3.05) is 11.5 Å². The quantitative estimate of drug-likeness (QED) is 0.601. The van der Waals surface area contributed by atoms with E-state index in [4.69, 9.17) is 4.74 Å². The molecule has 2 atom stereocenters. The maximum atomic E-state index is 13.5. The van der Waals surface area contributed by atoms with Crippen molar-refractivity contribution < 1.29 is 19.4 Å². The highest BCUT2D eigenvalue weighted by Crippen LogP contribution is 2.32. The van der Waals surface area contributed by atoms with Gasteiger partial charge in [-0.3, -0.25) is 14.9 Å². The number of halogens is 1. The lowest BCUT2D eigenvalue weighted by molar-refractivity contribution is -0.140. The van der Waals surface area contributed by atoms with Crippen LogP contribution in [0, 0.1) is 5.92 Å². The fourth-order valence-electron chi connectivity index (χ4n) is 3.78. The van der Waals surface area contributed by atoms with Gasteiger partial charge >= 0.3 is 5.97 Å². The zero-order chi connectivity index (χ0) is 22.5. The van der Waals surface area contributed by atoms with E-state index in [2.05, 4.69) is 31.3 Å². The number of amides is 1. The summed E-state index contributed by atoms with van der Waals surface area (Å²) in [5, 5.41) is 12.7. The average Bonchev–Trinajstić information content (AvgIpc) is 2.85. The number of para-hydroxylation sites is 2. The van der Waals surface area contributed by atoms with Crippen LogP contribution in [0.2, 0.25) is 0 Å². The molecule has 0 aliphatic carbocycles. The molecule has 1 aliphatic heterocycles. The number of anilines is 1. The summed E-state index contributed by atoms with van der Waals surface area (Å²) in [7, 11) is 0. The molecule has 0 aromatic heterocycles. The number of hydrogen-bond donors (Lipinski definition) is 2. The van der Waals surface area contributed by atoms with E-state index in [1.165, 1.54) is 5.56 Å². The minimum absolute atomic E-state index is 0. The highest BCUT2D eigenvalue weighted by Gasteiger charge is 2.34. The Balaban J connectivity index is 0.00000363. The van der Waals surface area contributed by atoms with Crippen molar-refractivity contribution in [2.45, 2.75) is 58.7 Å². The summed E-state index contributed by atoms with van der Waals surface area (Å²) in [6, 6.07) is 14.1. The Labute approximate surface area is 196 Å². The number of rotatable bonds is 8. The van der Waals surface area contributed by atoms with Crippen LogP contribution in [0.5, 0.6) is 5.75 Å². The number of aliphatic carboxylic acids is 1. The molecule has 0 saturated heterocycles. The zero-order valence-electron chi connectivity index (χ0n) is 19.1. The zero-order valence-corrected chi connectivity index (χ0v) is 19.9. The van der Waals surface area contributed by atoms with Gasteiger partial charge in [-0.2, -0.15) is 0 Å². The second-order valence-corrected chi connectivity index (χ2v) is 8.84. The second-order valence-electron chi connectivity index (χ2n) is 8.84. The van der Waals surface area contributed by atoms with Crippen molar-refractivity contribution in [3.05, 3.63) is 59.7 Å². The first-order valence-electron chi connectivity index (χ1n) is 10.9. The topological polar surface area (TPSA) is 78.9 Å². The number of carboxylic acid groups (broad SMARTS) is 1. The Morgan fingerprint density at radius 2 is 1.78 bits per heavy atom. The van der Waals surface area contributed by atoms with Gasteiger partial charge in [0.05, 0.1) is 12.2 Å². The first kappa shape index (κ1) is 25.7. The number of fused-ring (bicyclic) bond motifs is 1. The van der Waals surface area contributed by atoms with Gasteiger partial charge < -0.3 is 14.7 Å². The second kappa shape index (κ2) is 11.3. The molecule has 7 heteroatoms. The molecule has 1 aliphatic rings. The molecule has 6 nitrogen and oxygen atoms in total. The van der Waals surface area contributed by atoms with Crippen molar-refractivity contribution >= 4 is 30.0 Å². The van der Waals surface area contributed by atoms with Gasteiger partial charge in [0.2, 0.25) is 5.91 Å². The van der Waals surface area contributed by atoms with E-state index in [-0.39, 0.29) is 30.8 Å². The summed E-state index contributed by atoms with van der Waals surface area (Å²) in [5.74, 6) is 0.0929. The number of nitrogens with one attached hydrogen (secondary N) is 1. The van der Waals surface area contributed by atoms with Crippen LogP contribution in [0.4, 0.5) is 5.69 Å². The van der Waals surface area contributed by atoms with Crippen LogP contribution in [0.3, 0.4) is 0 Å². The van der Waals surface area contributed by atoms with E-state index in [0.717, 1.165) is 5.56 Å². The smallest absolute Gasteiger partial charge is 0.320 e. The van der Waals surface area contributed by atoms with Crippen LogP contribution >= 0.6 is 12.4 Å². The van der Waals surface area contributed by atoms with Gasteiger partial charge in [-0.1, -0.05) is 64.1 Å². The van der Waals surface area contributed by atoms with Gasteiger partial charge in [0, 0.05) is 0 Å². The molecule has 0 fully saturated rings. The van der Waals surface area contributed by atoms with Crippen molar-refractivity contribution in [2.24, 2.45) is 5.92 Å². The molecule has 174 valence electrons. The molecule has 3 rings (SSSR count). The molecule has 2 N–H and O–H groups in total. The molecule has 0 unspecified atom stereocenters. The van der Waals surface area contributed by atoms with Crippen LogP contribution in [-0.4, -0.2) is 35.7 Å². The van der Waals surface area contributed by atoms with Crippen molar-refractivity contribution in [3.63, 3.8) is 0 Å². The van der Waals surface area contributed by atoms with E-state index in [1.807, 2.05) is 50.2 Å². The normalized spacial score (nSPS) is 16.8. The van der Waals surface area contributed by atoms with E-state index >= 15 is 0 Å². The third-order valence-electron chi connectivity index (χ3n) is 5.52. The summed E-state index contributed by atoms with van der Waals surface area (Å²) in [4.78, 5) is 27.0. The first-order valence-corrected chi connectivity index (χ1v) is 10.9. The molecule has 0 saturated carbocycles. The Morgan fingerprint density at radius 3 is 2.38 bits per heavy atom. The van der Waals surface area contributed by atoms with Crippen molar-refractivity contribution in [1.29, 1.82) is 0 Å². The third kappa shape index (κ3) is 6.24. The van der Waals surface area contributed by atoms with Crippen molar-refractivity contribution in [1.82, 2.24) is 5.32 Å². The third-order valence-corrected chi connectivity index (χ3v) is 5.52. The Hall–Kier alpha value is -2.57. The number of benzene rings is 2.